The zero-order chi connectivity index (χ0) is 17.5. The second-order valence-electron chi connectivity index (χ2n) is 5.67. The molecule has 0 atom stereocenters. The Bertz CT molecular complexity index is 694. The van der Waals surface area contributed by atoms with Crippen LogP contribution in [0.1, 0.15) is 17.5 Å². The summed E-state index contributed by atoms with van der Waals surface area (Å²) in [5.74, 6) is 1.16. The first-order chi connectivity index (χ1) is 11.5. The maximum absolute atomic E-state index is 12.1. The van der Waals surface area contributed by atoms with E-state index in [-0.39, 0.29) is 5.91 Å². The molecule has 0 aliphatic carbocycles. The predicted molar refractivity (Wildman–Crippen MR) is 97.2 cm³/mol. The second-order valence-corrected chi connectivity index (χ2v) is 5.67. The number of rotatable bonds is 7. The molecule has 1 amide bonds. The third-order valence-electron chi connectivity index (χ3n) is 3.57. The van der Waals surface area contributed by atoms with Gasteiger partial charge in [0, 0.05) is 30.4 Å². The lowest BCUT2D eigenvalue weighted by Gasteiger charge is -2.11. The van der Waals surface area contributed by atoms with Crippen LogP contribution < -0.4 is 20.1 Å². The van der Waals surface area contributed by atoms with Crippen molar-refractivity contribution >= 4 is 17.3 Å². The van der Waals surface area contributed by atoms with Gasteiger partial charge in [0.15, 0.2) is 11.5 Å². The molecule has 0 heterocycles. The summed E-state index contributed by atoms with van der Waals surface area (Å²) < 4.78 is 10.4. The third kappa shape index (κ3) is 4.91. The first kappa shape index (κ1) is 17.7. The Morgan fingerprint density at radius 2 is 1.58 bits per heavy atom. The Morgan fingerprint density at radius 1 is 0.917 bits per heavy atom. The molecular formula is C19H24N2O3. The minimum atomic E-state index is -0.0564. The average molecular weight is 328 g/mol. The molecule has 0 spiro atoms. The summed E-state index contributed by atoms with van der Waals surface area (Å²) in [7, 11) is 3.14. The molecule has 0 aliphatic rings. The summed E-state index contributed by atoms with van der Waals surface area (Å²) in [4.78, 5) is 12.1. The highest BCUT2D eigenvalue weighted by Gasteiger charge is 2.07. The van der Waals surface area contributed by atoms with E-state index in [4.69, 9.17) is 9.47 Å². The van der Waals surface area contributed by atoms with Crippen molar-refractivity contribution in [3.63, 3.8) is 0 Å². The van der Waals surface area contributed by atoms with Gasteiger partial charge in [-0.05, 0) is 49.2 Å². The van der Waals surface area contributed by atoms with E-state index < -0.39 is 0 Å². The van der Waals surface area contributed by atoms with Gasteiger partial charge in [0.1, 0.15) is 0 Å². The molecule has 0 radical (unpaired) electrons. The SMILES string of the molecule is COc1ccc(NC(=O)CCNc2cc(C)cc(C)c2)cc1OC. The molecule has 2 aromatic rings. The number of amides is 1. The first-order valence-corrected chi connectivity index (χ1v) is 7.86. The summed E-state index contributed by atoms with van der Waals surface area (Å²) >= 11 is 0. The fourth-order valence-corrected chi connectivity index (χ4v) is 2.53. The Balaban J connectivity index is 1.87. The van der Waals surface area contributed by atoms with Crippen molar-refractivity contribution in [1.29, 1.82) is 0 Å². The van der Waals surface area contributed by atoms with Crippen LogP contribution in [0.5, 0.6) is 11.5 Å². The van der Waals surface area contributed by atoms with Crippen LogP contribution in [0.25, 0.3) is 0 Å². The van der Waals surface area contributed by atoms with E-state index in [9.17, 15) is 4.79 Å². The minimum absolute atomic E-state index is 0.0564. The van der Waals surface area contributed by atoms with Crippen LogP contribution in [-0.4, -0.2) is 26.7 Å². The molecule has 0 saturated carbocycles. The molecule has 2 rings (SSSR count). The molecule has 128 valence electrons. The molecule has 0 fully saturated rings. The van der Waals surface area contributed by atoms with Gasteiger partial charge in [-0.25, -0.2) is 0 Å². The zero-order valence-corrected chi connectivity index (χ0v) is 14.6. The number of nitrogens with one attached hydrogen (secondary N) is 2. The molecule has 0 saturated heterocycles. The molecule has 0 bridgehead atoms. The van der Waals surface area contributed by atoms with E-state index in [0.717, 1.165) is 5.69 Å². The Labute approximate surface area is 143 Å². The van der Waals surface area contributed by atoms with Gasteiger partial charge >= 0.3 is 0 Å². The van der Waals surface area contributed by atoms with Crippen molar-refractivity contribution in [2.75, 3.05) is 31.4 Å². The van der Waals surface area contributed by atoms with Crippen LogP contribution in [0, 0.1) is 13.8 Å². The predicted octanol–water partition coefficient (Wildman–Crippen LogP) is 3.76. The van der Waals surface area contributed by atoms with Crippen LogP contribution in [0.4, 0.5) is 11.4 Å². The van der Waals surface area contributed by atoms with Gasteiger partial charge in [-0.2, -0.15) is 0 Å². The normalized spacial score (nSPS) is 10.2. The Kier molecular flexibility index (Phi) is 6.07. The van der Waals surface area contributed by atoms with Crippen LogP contribution in [0.3, 0.4) is 0 Å². The maximum atomic E-state index is 12.1. The number of hydrogen-bond donors (Lipinski definition) is 2. The number of hydrogen-bond acceptors (Lipinski definition) is 4. The monoisotopic (exact) mass is 328 g/mol. The van der Waals surface area contributed by atoms with Crippen LogP contribution >= 0.6 is 0 Å². The van der Waals surface area contributed by atoms with Gasteiger partial charge in [0.25, 0.3) is 0 Å². The summed E-state index contributed by atoms with van der Waals surface area (Å²) in [5, 5.41) is 6.14. The Hall–Kier alpha value is -2.69. The summed E-state index contributed by atoms with van der Waals surface area (Å²) in [6.07, 6.45) is 0.376. The van der Waals surface area contributed by atoms with E-state index >= 15 is 0 Å². The minimum Gasteiger partial charge on any atom is -0.493 e. The van der Waals surface area contributed by atoms with Crippen LogP contribution in [-0.2, 0) is 4.79 Å². The fraction of sp³-hybridized carbons (Fsp3) is 0.316. The molecule has 0 unspecified atom stereocenters. The molecule has 5 nitrogen and oxygen atoms in total. The van der Waals surface area contributed by atoms with Crippen molar-refractivity contribution in [1.82, 2.24) is 0 Å². The largest absolute Gasteiger partial charge is 0.493 e. The van der Waals surface area contributed by atoms with Crippen LogP contribution in [0.2, 0.25) is 0 Å². The van der Waals surface area contributed by atoms with E-state index in [0.29, 0.717) is 30.2 Å². The lowest BCUT2D eigenvalue weighted by atomic mass is 10.1. The lowest BCUT2D eigenvalue weighted by Crippen LogP contribution is -2.16. The lowest BCUT2D eigenvalue weighted by molar-refractivity contribution is -0.115. The molecule has 2 N–H and O–H groups in total. The van der Waals surface area contributed by atoms with Crippen LogP contribution in [0.15, 0.2) is 36.4 Å². The molecule has 24 heavy (non-hydrogen) atoms. The van der Waals surface area contributed by atoms with Gasteiger partial charge in [-0.3, -0.25) is 4.79 Å². The number of carbonyl (C=O) groups is 1. The first-order valence-electron chi connectivity index (χ1n) is 7.86. The summed E-state index contributed by atoms with van der Waals surface area (Å²) in [6.45, 7) is 4.69. The number of ether oxygens (including phenoxy) is 2. The molecule has 5 heteroatoms. The van der Waals surface area contributed by atoms with Crippen molar-refractivity contribution in [3.8, 4) is 11.5 Å². The fourth-order valence-electron chi connectivity index (χ4n) is 2.53. The van der Waals surface area contributed by atoms with Gasteiger partial charge in [0.05, 0.1) is 14.2 Å². The molecule has 2 aromatic carbocycles. The topological polar surface area (TPSA) is 59.6 Å². The number of anilines is 2. The van der Waals surface area contributed by atoms with E-state index in [1.165, 1.54) is 11.1 Å². The van der Waals surface area contributed by atoms with Crippen molar-refractivity contribution in [3.05, 3.63) is 47.5 Å². The number of benzene rings is 2. The number of methoxy groups -OCH3 is 2. The van der Waals surface area contributed by atoms with E-state index in [2.05, 4.69) is 42.7 Å². The standard InChI is InChI=1S/C19H24N2O3/c1-13-9-14(2)11-16(10-13)20-8-7-19(22)21-15-5-6-17(23-3)18(12-15)24-4/h5-6,9-12,20H,7-8H2,1-4H3,(H,21,22). The number of carbonyl (C=O) groups excluding carboxylic acids is 1. The highest BCUT2D eigenvalue weighted by atomic mass is 16.5. The van der Waals surface area contributed by atoms with Crippen molar-refractivity contribution < 1.29 is 14.3 Å². The maximum Gasteiger partial charge on any atom is 0.226 e. The molecular weight excluding hydrogens is 304 g/mol. The van der Waals surface area contributed by atoms with Gasteiger partial charge in [0.2, 0.25) is 5.91 Å². The molecule has 0 aliphatic heterocycles. The second kappa shape index (κ2) is 8.24. The van der Waals surface area contributed by atoms with E-state index in [1.807, 2.05) is 0 Å². The zero-order valence-electron chi connectivity index (χ0n) is 14.6. The third-order valence-corrected chi connectivity index (χ3v) is 3.57. The smallest absolute Gasteiger partial charge is 0.226 e. The molecule has 0 aromatic heterocycles. The van der Waals surface area contributed by atoms with Gasteiger partial charge < -0.3 is 20.1 Å². The van der Waals surface area contributed by atoms with Gasteiger partial charge in [-0.1, -0.05) is 6.07 Å². The summed E-state index contributed by atoms with van der Waals surface area (Å²) in [6, 6.07) is 11.6. The highest BCUT2D eigenvalue weighted by Crippen LogP contribution is 2.29. The van der Waals surface area contributed by atoms with Crippen molar-refractivity contribution in [2.24, 2.45) is 0 Å². The van der Waals surface area contributed by atoms with Crippen molar-refractivity contribution in [2.45, 2.75) is 20.3 Å². The quantitative estimate of drug-likeness (QED) is 0.812. The highest BCUT2D eigenvalue weighted by molar-refractivity contribution is 5.91. The van der Waals surface area contributed by atoms with E-state index in [1.54, 1.807) is 32.4 Å². The Morgan fingerprint density at radius 3 is 2.21 bits per heavy atom. The van der Waals surface area contributed by atoms with Gasteiger partial charge in [-0.15, -0.1) is 0 Å². The number of aryl methyl sites for hydroxylation is 2. The average Bonchev–Trinajstić information content (AvgIpc) is 2.53. The summed E-state index contributed by atoms with van der Waals surface area (Å²) in [5.41, 5.74) is 4.12.